The van der Waals surface area contributed by atoms with E-state index < -0.39 is 17.9 Å². The molecular weight excluding hydrogens is 363 g/mol. The monoisotopic (exact) mass is 388 g/mol. The van der Waals surface area contributed by atoms with E-state index in [1.54, 1.807) is 25.1 Å². The molecule has 8 heteroatoms. The highest BCUT2D eigenvalue weighted by Gasteiger charge is 2.20. The van der Waals surface area contributed by atoms with E-state index in [0.717, 1.165) is 32.6 Å². The van der Waals surface area contributed by atoms with Gasteiger partial charge in [-0.25, -0.2) is 4.39 Å². The smallest absolute Gasteiger partial charge is 0.287 e. The van der Waals surface area contributed by atoms with Crippen molar-refractivity contribution in [1.29, 1.82) is 0 Å². The molecule has 28 heavy (non-hydrogen) atoms. The Hall–Kier alpha value is -2.87. The number of nitrogens with zero attached hydrogens (tertiary/aromatic N) is 2. The lowest BCUT2D eigenvalue weighted by Crippen LogP contribution is -2.41. The number of hydrogen-bond donors (Lipinski definition) is 2. The molecule has 7 nitrogen and oxygen atoms in total. The minimum Gasteiger partial charge on any atom is -0.459 e. The Balaban J connectivity index is 1.60. The molecular formula is C20H25FN4O3. The van der Waals surface area contributed by atoms with Gasteiger partial charge in [0.2, 0.25) is 5.91 Å². The van der Waals surface area contributed by atoms with E-state index in [0.29, 0.717) is 11.4 Å². The maximum absolute atomic E-state index is 14.6. The molecule has 1 fully saturated rings. The standard InChI is InChI=1S/C20H25FN4O3/c1-14(22-20(27)18-5-3-12-28-18)19(26)23-15-6-7-17(16(21)13-15)25-9-4-8-24(2)10-11-25/h3,5-7,12-14H,4,8-11H2,1-2H3,(H,22,27)(H,23,26)/t14-/m1/s1. The quantitative estimate of drug-likeness (QED) is 0.822. The highest BCUT2D eigenvalue weighted by molar-refractivity contribution is 5.99. The lowest BCUT2D eigenvalue weighted by atomic mass is 10.2. The number of amides is 2. The number of benzene rings is 1. The minimum atomic E-state index is -0.804. The zero-order chi connectivity index (χ0) is 20.1. The van der Waals surface area contributed by atoms with E-state index in [1.165, 1.54) is 18.4 Å². The second-order valence-corrected chi connectivity index (χ2v) is 6.97. The number of carbonyl (C=O) groups is 2. The molecule has 1 aromatic carbocycles. The Morgan fingerprint density at radius 1 is 1.18 bits per heavy atom. The molecule has 1 aliphatic heterocycles. The fourth-order valence-corrected chi connectivity index (χ4v) is 3.12. The van der Waals surface area contributed by atoms with Crippen molar-refractivity contribution in [2.45, 2.75) is 19.4 Å². The van der Waals surface area contributed by atoms with E-state index in [-0.39, 0.29) is 11.6 Å². The van der Waals surface area contributed by atoms with Crippen LogP contribution in [0.15, 0.2) is 41.0 Å². The van der Waals surface area contributed by atoms with Crippen LogP contribution in [0.3, 0.4) is 0 Å². The van der Waals surface area contributed by atoms with Crippen molar-refractivity contribution in [1.82, 2.24) is 10.2 Å². The first-order chi connectivity index (χ1) is 13.4. The van der Waals surface area contributed by atoms with E-state index in [2.05, 4.69) is 22.6 Å². The number of hydrogen-bond acceptors (Lipinski definition) is 5. The number of carbonyl (C=O) groups excluding carboxylic acids is 2. The molecule has 1 saturated heterocycles. The summed E-state index contributed by atoms with van der Waals surface area (Å²) in [5.41, 5.74) is 0.879. The summed E-state index contributed by atoms with van der Waals surface area (Å²) in [5, 5.41) is 5.17. The van der Waals surface area contributed by atoms with Gasteiger partial charge in [0.15, 0.2) is 5.76 Å². The normalized spacial score (nSPS) is 16.3. The van der Waals surface area contributed by atoms with Gasteiger partial charge in [-0.1, -0.05) is 0 Å². The van der Waals surface area contributed by atoms with Crippen LogP contribution in [0.4, 0.5) is 15.8 Å². The largest absolute Gasteiger partial charge is 0.459 e. The molecule has 2 amide bonds. The fourth-order valence-electron chi connectivity index (χ4n) is 3.12. The molecule has 1 atom stereocenters. The summed E-state index contributed by atoms with van der Waals surface area (Å²) in [7, 11) is 2.06. The topological polar surface area (TPSA) is 77.8 Å². The molecule has 0 bridgehead atoms. The van der Waals surface area contributed by atoms with Gasteiger partial charge in [-0.2, -0.15) is 0 Å². The SMILES string of the molecule is C[C@@H](NC(=O)c1ccco1)C(=O)Nc1ccc(N2CCCN(C)CC2)c(F)c1. The van der Waals surface area contributed by atoms with Crippen LogP contribution < -0.4 is 15.5 Å². The zero-order valence-electron chi connectivity index (χ0n) is 16.1. The average Bonchev–Trinajstić information content (AvgIpc) is 3.12. The number of rotatable bonds is 5. The first-order valence-electron chi connectivity index (χ1n) is 9.32. The lowest BCUT2D eigenvalue weighted by molar-refractivity contribution is -0.117. The molecule has 1 aromatic heterocycles. The summed E-state index contributed by atoms with van der Waals surface area (Å²) in [5.74, 6) is -1.18. The number of halogens is 1. The summed E-state index contributed by atoms with van der Waals surface area (Å²) in [6.07, 6.45) is 2.35. The fraction of sp³-hybridized carbons (Fsp3) is 0.400. The second kappa shape index (κ2) is 8.88. The van der Waals surface area contributed by atoms with E-state index in [1.807, 2.05) is 4.90 Å². The van der Waals surface area contributed by atoms with Crippen molar-refractivity contribution in [3.8, 4) is 0 Å². The van der Waals surface area contributed by atoms with Gasteiger partial charge in [0.1, 0.15) is 11.9 Å². The predicted octanol–water partition coefficient (Wildman–Crippen LogP) is 2.32. The first kappa shape index (κ1) is 19.9. The van der Waals surface area contributed by atoms with Gasteiger partial charge in [-0.05, 0) is 57.3 Å². The number of likely N-dealkylation sites (N-methyl/N-ethyl adjacent to an activating group) is 1. The van der Waals surface area contributed by atoms with Crippen molar-refractivity contribution < 1.29 is 18.4 Å². The summed E-state index contributed by atoms with van der Waals surface area (Å²) >= 11 is 0. The van der Waals surface area contributed by atoms with E-state index in [9.17, 15) is 14.0 Å². The van der Waals surface area contributed by atoms with Crippen LogP contribution in [0, 0.1) is 5.82 Å². The molecule has 1 aliphatic rings. The summed E-state index contributed by atoms with van der Waals surface area (Å²) in [6, 6.07) is 6.96. The minimum absolute atomic E-state index is 0.123. The molecule has 0 saturated carbocycles. The maximum atomic E-state index is 14.6. The Morgan fingerprint density at radius 3 is 2.71 bits per heavy atom. The Kier molecular flexibility index (Phi) is 6.30. The van der Waals surface area contributed by atoms with Crippen LogP contribution in [0.5, 0.6) is 0 Å². The highest BCUT2D eigenvalue weighted by atomic mass is 19.1. The highest BCUT2D eigenvalue weighted by Crippen LogP contribution is 2.24. The molecule has 0 unspecified atom stereocenters. The average molecular weight is 388 g/mol. The number of anilines is 2. The lowest BCUT2D eigenvalue weighted by Gasteiger charge is -2.23. The molecule has 2 N–H and O–H groups in total. The van der Waals surface area contributed by atoms with Gasteiger partial charge in [-0.3, -0.25) is 9.59 Å². The van der Waals surface area contributed by atoms with Gasteiger partial charge in [-0.15, -0.1) is 0 Å². The van der Waals surface area contributed by atoms with Crippen LogP contribution in [0.2, 0.25) is 0 Å². The zero-order valence-corrected chi connectivity index (χ0v) is 16.1. The Labute approximate surface area is 163 Å². The van der Waals surface area contributed by atoms with E-state index >= 15 is 0 Å². The van der Waals surface area contributed by atoms with Crippen molar-refractivity contribution in [2.24, 2.45) is 0 Å². The molecule has 0 radical (unpaired) electrons. The summed E-state index contributed by atoms with van der Waals surface area (Å²) in [6.45, 7) is 4.98. The second-order valence-electron chi connectivity index (χ2n) is 6.97. The van der Waals surface area contributed by atoms with Gasteiger partial charge >= 0.3 is 0 Å². The molecule has 2 aromatic rings. The van der Waals surface area contributed by atoms with E-state index in [4.69, 9.17) is 4.42 Å². The van der Waals surface area contributed by atoms with Crippen molar-refractivity contribution in [3.05, 3.63) is 48.2 Å². The molecule has 0 spiro atoms. The molecule has 150 valence electrons. The van der Waals surface area contributed by atoms with Gasteiger partial charge in [0.25, 0.3) is 5.91 Å². The number of furan rings is 1. The van der Waals surface area contributed by atoms with Crippen LogP contribution in [0.1, 0.15) is 23.9 Å². The van der Waals surface area contributed by atoms with Gasteiger partial charge < -0.3 is 24.9 Å². The number of nitrogens with one attached hydrogen (secondary N) is 2. The molecule has 3 rings (SSSR count). The van der Waals surface area contributed by atoms with Crippen molar-refractivity contribution in [2.75, 3.05) is 43.4 Å². The third-order valence-electron chi connectivity index (χ3n) is 4.76. The van der Waals surface area contributed by atoms with Crippen LogP contribution in [0.25, 0.3) is 0 Å². The molecule has 0 aliphatic carbocycles. The van der Waals surface area contributed by atoms with Gasteiger partial charge in [0, 0.05) is 25.3 Å². The van der Waals surface area contributed by atoms with Crippen LogP contribution >= 0.6 is 0 Å². The molecule has 2 heterocycles. The van der Waals surface area contributed by atoms with Crippen LogP contribution in [-0.4, -0.2) is 56.0 Å². The summed E-state index contributed by atoms with van der Waals surface area (Å²) < 4.78 is 19.6. The van der Waals surface area contributed by atoms with Crippen molar-refractivity contribution in [3.63, 3.8) is 0 Å². The first-order valence-corrected chi connectivity index (χ1v) is 9.32. The third-order valence-corrected chi connectivity index (χ3v) is 4.76. The van der Waals surface area contributed by atoms with Crippen LogP contribution in [-0.2, 0) is 4.79 Å². The Bertz CT molecular complexity index is 825. The predicted molar refractivity (Wildman–Crippen MR) is 105 cm³/mol. The van der Waals surface area contributed by atoms with Gasteiger partial charge in [0.05, 0.1) is 12.0 Å². The van der Waals surface area contributed by atoms with Crippen molar-refractivity contribution >= 4 is 23.2 Å². The maximum Gasteiger partial charge on any atom is 0.287 e. The Morgan fingerprint density at radius 2 is 2.00 bits per heavy atom. The summed E-state index contributed by atoms with van der Waals surface area (Å²) in [4.78, 5) is 28.5. The third kappa shape index (κ3) is 4.89.